The van der Waals surface area contributed by atoms with Crippen molar-refractivity contribution in [2.24, 2.45) is 10.9 Å². The third-order valence-corrected chi connectivity index (χ3v) is 8.01. The highest BCUT2D eigenvalue weighted by Gasteiger charge is 2.29. The van der Waals surface area contributed by atoms with Crippen LogP contribution in [0.3, 0.4) is 0 Å². The number of ether oxygens (including phenoxy) is 3. The third kappa shape index (κ3) is 7.00. The molecular formula is C28H31ClN2O4S2. The number of carbonyl (C=O) groups is 1. The molecule has 2 aromatic carbocycles. The van der Waals surface area contributed by atoms with E-state index in [0.717, 1.165) is 24.8 Å². The third-order valence-electron chi connectivity index (χ3n) is 6.25. The minimum absolute atomic E-state index is 0.0396. The van der Waals surface area contributed by atoms with Crippen LogP contribution in [0.25, 0.3) is 0 Å². The summed E-state index contributed by atoms with van der Waals surface area (Å²) in [4.78, 5) is 17.9. The standard InChI is InChI=1S/C28H31ClN2O4S2/c1-28(2,3)31-17-22(26(37-31)30-25(32)21-16-19(29)13-14-23(21)33-4)24(15-18-9-8-10-18)35-27(36)34-20-11-6-5-7-12-20/h5-7,11-14,16-18,24H,8-10,15H2,1-4H3/b30-26-. The van der Waals surface area contributed by atoms with Crippen molar-refractivity contribution in [2.45, 2.75) is 58.1 Å². The Morgan fingerprint density at radius 3 is 2.57 bits per heavy atom. The van der Waals surface area contributed by atoms with E-state index in [2.05, 4.69) is 29.7 Å². The van der Waals surface area contributed by atoms with Gasteiger partial charge in [0.15, 0.2) is 0 Å². The van der Waals surface area contributed by atoms with E-state index in [1.54, 1.807) is 18.2 Å². The second-order valence-electron chi connectivity index (χ2n) is 10.0. The summed E-state index contributed by atoms with van der Waals surface area (Å²) in [6, 6.07) is 14.2. The van der Waals surface area contributed by atoms with Gasteiger partial charge in [-0.15, -0.1) is 0 Å². The van der Waals surface area contributed by atoms with Gasteiger partial charge in [0.2, 0.25) is 0 Å². The molecule has 196 valence electrons. The molecule has 37 heavy (non-hydrogen) atoms. The van der Waals surface area contributed by atoms with E-state index >= 15 is 0 Å². The summed E-state index contributed by atoms with van der Waals surface area (Å²) in [5.41, 5.74) is 0.891. The molecule has 1 fully saturated rings. The molecule has 1 amide bonds. The van der Waals surface area contributed by atoms with Crippen molar-refractivity contribution in [2.75, 3.05) is 7.11 Å². The van der Waals surface area contributed by atoms with Gasteiger partial charge >= 0.3 is 5.24 Å². The molecule has 0 spiro atoms. The van der Waals surface area contributed by atoms with Gasteiger partial charge in [0.25, 0.3) is 5.91 Å². The summed E-state index contributed by atoms with van der Waals surface area (Å²) < 4.78 is 20.1. The van der Waals surface area contributed by atoms with Gasteiger partial charge in [-0.25, -0.2) is 0 Å². The Morgan fingerprint density at radius 1 is 1.22 bits per heavy atom. The van der Waals surface area contributed by atoms with Crippen LogP contribution in [0.2, 0.25) is 5.02 Å². The molecule has 9 heteroatoms. The van der Waals surface area contributed by atoms with Gasteiger partial charge in [-0.1, -0.05) is 49.1 Å². The van der Waals surface area contributed by atoms with Gasteiger partial charge in [0, 0.05) is 34.5 Å². The summed E-state index contributed by atoms with van der Waals surface area (Å²) in [6.07, 6.45) is 5.85. The Morgan fingerprint density at radius 2 is 1.95 bits per heavy atom. The summed E-state index contributed by atoms with van der Waals surface area (Å²) in [5.74, 6) is 1.11. The summed E-state index contributed by atoms with van der Waals surface area (Å²) >= 11 is 13.1. The number of hydrogen-bond acceptors (Lipinski definition) is 6. The summed E-state index contributed by atoms with van der Waals surface area (Å²) in [6.45, 7) is 6.30. The van der Waals surface area contributed by atoms with Gasteiger partial charge in [-0.3, -0.25) is 8.75 Å². The predicted molar refractivity (Wildman–Crippen MR) is 151 cm³/mol. The monoisotopic (exact) mass is 558 g/mol. The number of rotatable bonds is 7. The normalized spacial score (nSPS) is 15.1. The largest absolute Gasteiger partial charge is 0.496 e. The molecule has 1 atom stereocenters. The maximum absolute atomic E-state index is 13.3. The van der Waals surface area contributed by atoms with Crippen LogP contribution in [0.1, 0.15) is 68.5 Å². The van der Waals surface area contributed by atoms with Crippen molar-refractivity contribution in [3.05, 3.63) is 75.5 Å². The molecule has 1 saturated carbocycles. The fraction of sp³-hybridized carbons (Fsp3) is 0.393. The van der Waals surface area contributed by atoms with Gasteiger partial charge in [0.05, 0.1) is 12.7 Å². The number of methoxy groups -OCH3 is 1. The van der Waals surface area contributed by atoms with E-state index in [4.69, 9.17) is 38.0 Å². The zero-order chi connectivity index (χ0) is 26.6. The van der Waals surface area contributed by atoms with Crippen LogP contribution in [0, 0.1) is 5.92 Å². The van der Waals surface area contributed by atoms with Gasteiger partial charge in [0.1, 0.15) is 22.3 Å². The van der Waals surface area contributed by atoms with E-state index in [1.165, 1.54) is 25.1 Å². The van der Waals surface area contributed by atoms with Crippen LogP contribution in [0.5, 0.6) is 11.5 Å². The molecule has 0 aliphatic heterocycles. The lowest BCUT2D eigenvalue weighted by molar-refractivity contribution is 0.0992. The lowest BCUT2D eigenvalue weighted by Gasteiger charge is -2.29. The number of halogens is 1. The molecule has 6 nitrogen and oxygen atoms in total. The van der Waals surface area contributed by atoms with E-state index < -0.39 is 12.0 Å². The molecular weight excluding hydrogens is 528 g/mol. The highest BCUT2D eigenvalue weighted by atomic mass is 35.5. The van der Waals surface area contributed by atoms with Crippen molar-refractivity contribution in [1.29, 1.82) is 0 Å². The highest BCUT2D eigenvalue weighted by Crippen LogP contribution is 2.37. The van der Waals surface area contributed by atoms with Crippen molar-refractivity contribution in [3.8, 4) is 11.5 Å². The molecule has 0 saturated heterocycles. The molecule has 1 unspecified atom stereocenters. The van der Waals surface area contributed by atoms with E-state index in [9.17, 15) is 4.79 Å². The molecule has 4 rings (SSSR count). The lowest BCUT2D eigenvalue weighted by Crippen LogP contribution is -2.24. The molecule has 0 bridgehead atoms. The number of carbonyl (C=O) groups excluding carboxylic acids is 1. The Hall–Kier alpha value is -2.68. The second-order valence-corrected chi connectivity index (χ2v) is 11.8. The van der Waals surface area contributed by atoms with Crippen molar-refractivity contribution >= 4 is 46.5 Å². The highest BCUT2D eigenvalue weighted by molar-refractivity contribution is 7.79. The lowest BCUT2D eigenvalue weighted by atomic mass is 9.80. The van der Waals surface area contributed by atoms with Crippen molar-refractivity contribution < 1.29 is 19.0 Å². The first-order valence-electron chi connectivity index (χ1n) is 12.2. The van der Waals surface area contributed by atoms with Crippen LogP contribution in [0.15, 0.2) is 59.7 Å². The van der Waals surface area contributed by atoms with Crippen LogP contribution >= 0.6 is 35.4 Å². The number of nitrogens with zero attached hydrogens (tertiary/aromatic N) is 2. The topological polar surface area (TPSA) is 62.0 Å². The van der Waals surface area contributed by atoms with Crippen molar-refractivity contribution in [1.82, 2.24) is 3.96 Å². The Bertz CT molecular complexity index is 1320. The molecule has 3 aromatic rings. The Kier molecular flexibility index (Phi) is 8.72. The zero-order valence-electron chi connectivity index (χ0n) is 21.4. The fourth-order valence-electron chi connectivity index (χ4n) is 3.98. The number of thiocarbonyl (C=S) groups is 1. The Labute approximate surface area is 232 Å². The maximum Gasteiger partial charge on any atom is 0.358 e. The molecule has 0 radical (unpaired) electrons. The number of hydrogen-bond donors (Lipinski definition) is 0. The first kappa shape index (κ1) is 27.4. The maximum atomic E-state index is 13.3. The predicted octanol–water partition coefficient (Wildman–Crippen LogP) is 7.32. The average Bonchev–Trinajstić information content (AvgIpc) is 3.25. The summed E-state index contributed by atoms with van der Waals surface area (Å²) in [5, 5.41) is 0.475. The van der Waals surface area contributed by atoms with Crippen LogP contribution in [0.4, 0.5) is 0 Å². The number of para-hydroxylation sites is 1. The zero-order valence-corrected chi connectivity index (χ0v) is 23.8. The molecule has 1 heterocycles. The van der Waals surface area contributed by atoms with Gasteiger partial charge in [-0.2, -0.15) is 4.99 Å². The SMILES string of the molecule is COc1ccc(Cl)cc1C(=O)/N=c1\sn(C(C)(C)C)cc1C(CC1CCC1)OC(=S)Oc1ccccc1. The number of amides is 1. The fourth-order valence-corrected chi connectivity index (χ4v) is 5.41. The first-order valence-corrected chi connectivity index (χ1v) is 13.8. The van der Waals surface area contributed by atoms with Crippen molar-refractivity contribution in [3.63, 3.8) is 0 Å². The minimum atomic E-state index is -0.436. The minimum Gasteiger partial charge on any atom is -0.496 e. The smallest absolute Gasteiger partial charge is 0.358 e. The van der Waals surface area contributed by atoms with E-state index in [0.29, 0.717) is 32.7 Å². The Balaban J connectivity index is 1.73. The van der Waals surface area contributed by atoms with E-state index in [-0.39, 0.29) is 10.8 Å². The molecule has 0 N–H and O–H groups in total. The van der Waals surface area contributed by atoms with Gasteiger partial charge in [-0.05, 0) is 75.0 Å². The van der Waals surface area contributed by atoms with Crippen LogP contribution < -0.4 is 14.1 Å². The molecule has 1 aromatic heterocycles. The molecule has 1 aliphatic rings. The quantitative estimate of drug-likeness (QED) is 0.284. The summed E-state index contributed by atoms with van der Waals surface area (Å²) in [7, 11) is 1.51. The van der Waals surface area contributed by atoms with E-state index in [1.807, 2.05) is 36.5 Å². The number of benzene rings is 2. The van der Waals surface area contributed by atoms with Crippen LogP contribution in [-0.4, -0.2) is 22.2 Å². The first-order chi connectivity index (χ1) is 17.6. The second kappa shape index (κ2) is 11.8. The average molecular weight is 559 g/mol. The van der Waals surface area contributed by atoms with Crippen LogP contribution in [-0.2, 0) is 10.3 Å². The van der Waals surface area contributed by atoms with Gasteiger partial charge < -0.3 is 14.2 Å². The molecule has 1 aliphatic carbocycles. The number of aromatic nitrogens is 1.